The van der Waals surface area contributed by atoms with Gasteiger partial charge < -0.3 is 9.47 Å². The van der Waals surface area contributed by atoms with E-state index in [0.717, 1.165) is 22.9 Å². The number of benzene rings is 3. The van der Waals surface area contributed by atoms with Crippen LogP contribution in [0, 0.1) is 11.6 Å². The van der Waals surface area contributed by atoms with Gasteiger partial charge in [0.1, 0.15) is 11.6 Å². The summed E-state index contributed by atoms with van der Waals surface area (Å²) in [6, 6.07) is 15.7. The van der Waals surface area contributed by atoms with Gasteiger partial charge in [-0.1, -0.05) is 30.3 Å². The molecule has 0 bridgehead atoms. The smallest absolute Gasteiger partial charge is 0.349 e. The lowest BCUT2D eigenvalue weighted by Gasteiger charge is -2.08. The van der Waals surface area contributed by atoms with Gasteiger partial charge in [0.05, 0.1) is 0 Å². The Hall–Kier alpha value is -2.95. The molecule has 0 N–H and O–H groups in total. The summed E-state index contributed by atoms with van der Waals surface area (Å²) >= 11 is 0. The van der Waals surface area contributed by atoms with Crippen molar-refractivity contribution in [3.05, 3.63) is 72.3 Å². The summed E-state index contributed by atoms with van der Waals surface area (Å²) in [6.45, 7) is -0.477. The van der Waals surface area contributed by atoms with Gasteiger partial charge in [-0.05, 0) is 35.0 Å². The van der Waals surface area contributed by atoms with E-state index in [4.69, 9.17) is 9.47 Å². The minimum Gasteiger partial charge on any atom is -0.479 e. The number of ether oxygens (including phenoxy) is 2. The molecule has 5 heteroatoms. The van der Waals surface area contributed by atoms with E-state index < -0.39 is 24.2 Å². The second-order valence-corrected chi connectivity index (χ2v) is 4.85. The van der Waals surface area contributed by atoms with Crippen molar-refractivity contribution in [1.82, 2.24) is 0 Å². The lowest BCUT2D eigenvalue weighted by atomic mass is 10.1. The third-order valence-electron chi connectivity index (χ3n) is 3.19. The summed E-state index contributed by atoms with van der Waals surface area (Å²) in [5, 5.41) is 1.96. The second-order valence-electron chi connectivity index (χ2n) is 4.85. The van der Waals surface area contributed by atoms with Gasteiger partial charge in [-0.25, -0.2) is 13.6 Å². The van der Waals surface area contributed by atoms with Crippen LogP contribution in [0.4, 0.5) is 8.78 Å². The SMILES string of the molecule is O=C(COc1ccc(F)cc1F)Oc1ccc2ccccc2c1. The number of hydrogen-bond donors (Lipinski definition) is 0. The quantitative estimate of drug-likeness (QED) is 0.537. The minimum atomic E-state index is -0.872. The van der Waals surface area contributed by atoms with Crippen LogP contribution in [-0.2, 0) is 4.79 Å². The van der Waals surface area contributed by atoms with Crippen molar-refractivity contribution in [3.8, 4) is 11.5 Å². The number of carbonyl (C=O) groups is 1. The van der Waals surface area contributed by atoms with Gasteiger partial charge in [0.25, 0.3) is 0 Å². The molecule has 0 aliphatic heterocycles. The number of carbonyl (C=O) groups excluding carboxylic acids is 1. The topological polar surface area (TPSA) is 35.5 Å². The Balaban J connectivity index is 1.64. The molecule has 0 unspecified atom stereocenters. The van der Waals surface area contributed by atoms with E-state index in [2.05, 4.69) is 0 Å². The van der Waals surface area contributed by atoms with Crippen molar-refractivity contribution >= 4 is 16.7 Å². The Kier molecular flexibility index (Phi) is 4.19. The number of hydrogen-bond acceptors (Lipinski definition) is 3. The van der Waals surface area contributed by atoms with E-state index in [1.165, 1.54) is 0 Å². The highest BCUT2D eigenvalue weighted by atomic mass is 19.1. The Morgan fingerprint density at radius 2 is 1.70 bits per heavy atom. The molecule has 0 aromatic heterocycles. The average Bonchev–Trinajstić information content (AvgIpc) is 2.54. The van der Waals surface area contributed by atoms with E-state index in [-0.39, 0.29) is 5.75 Å². The van der Waals surface area contributed by atoms with Crippen molar-refractivity contribution in [2.75, 3.05) is 6.61 Å². The first-order valence-corrected chi connectivity index (χ1v) is 6.89. The molecule has 0 radical (unpaired) electrons. The highest BCUT2D eigenvalue weighted by Crippen LogP contribution is 2.21. The first-order valence-electron chi connectivity index (χ1n) is 6.89. The summed E-state index contributed by atoms with van der Waals surface area (Å²) in [6.07, 6.45) is 0. The molecule has 0 amide bonds. The zero-order chi connectivity index (χ0) is 16.2. The van der Waals surface area contributed by atoms with E-state index >= 15 is 0 Å². The normalized spacial score (nSPS) is 10.5. The molecule has 3 aromatic rings. The van der Waals surface area contributed by atoms with Gasteiger partial charge in [-0.2, -0.15) is 0 Å². The number of esters is 1. The van der Waals surface area contributed by atoms with Gasteiger partial charge in [0.15, 0.2) is 18.2 Å². The molecule has 3 rings (SSSR count). The highest BCUT2D eigenvalue weighted by molar-refractivity contribution is 5.84. The average molecular weight is 314 g/mol. The van der Waals surface area contributed by atoms with Gasteiger partial charge in [0.2, 0.25) is 0 Å². The van der Waals surface area contributed by atoms with E-state index in [1.807, 2.05) is 30.3 Å². The van der Waals surface area contributed by atoms with Crippen LogP contribution < -0.4 is 9.47 Å². The highest BCUT2D eigenvalue weighted by Gasteiger charge is 2.10. The van der Waals surface area contributed by atoms with Crippen LogP contribution in [0.5, 0.6) is 11.5 Å². The number of halogens is 2. The molecule has 0 spiro atoms. The lowest BCUT2D eigenvalue weighted by Crippen LogP contribution is -2.18. The van der Waals surface area contributed by atoms with Crippen molar-refractivity contribution < 1.29 is 23.0 Å². The van der Waals surface area contributed by atoms with Crippen LogP contribution in [0.1, 0.15) is 0 Å². The molecule has 0 saturated heterocycles. The van der Waals surface area contributed by atoms with E-state index in [0.29, 0.717) is 11.8 Å². The third kappa shape index (κ3) is 3.63. The molecule has 23 heavy (non-hydrogen) atoms. The molecule has 0 atom stereocenters. The molecular weight excluding hydrogens is 302 g/mol. The third-order valence-corrected chi connectivity index (χ3v) is 3.19. The lowest BCUT2D eigenvalue weighted by molar-refractivity contribution is -0.136. The monoisotopic (exact) mass is 314 g/mol. The minimum absolute atomic E-state index is 0.207. The molecular formula is C18H12F2O3. The molecule has 0 aliphatic carbocycles. The predicted molar refractivity (Wildman–Crippen MR) is 81.4 cm³/mol. The predicted octanol–water partition coefficient (Wildman–Crippen LogP) is 4.10. The first kappa shape index (κ1) is 15.0. The van der Waals surface area contributed by atoms with Crippen LogP contribution in [0.3, 0.4) is 0 Å². The van der Waals surface area contributed by atoms with Gasteiger partial charge in [-0.3, -0.25) is 0 Å². The number of fused-ring (bicyclic) bond motifs is 1. The van der Waals surface area contributed by atoms with Crippen LogP contribution in [-0.4, -0.2) is 12.6 Å². The molecule has 0 saturated carbocycles. The van der Waals surface area contributed by atoms with Crippen molar-refractivity contribution in [1.29, 1.82) is 0 Å². The summed E-state index contributed by atoms with van der Waals surface area (Å²) in [5.74, 6) is -2.10. The maximum absolute atomic E-state index is 13.4. The van der Waals surface area contributed by atoms with Gasteiger partial charge >= 0.3 is 5.97 Å². The maximum Gasteiger partial charge on any atom is 0.349 e. The Bertz CT molecular complexity index is 862. The van der Waals surface area contributed by atoms with Crippen molar-refractivity contribution in [2.45, 2.75) is 0 Å². The Morgan fingerprint density at radius 3 is 2.48 bits per heavy atom. The summed E-state index contributed by atoms with van der Waals surface area (Å²) in [7, 11) is 0. The molecule has 116 valence electrons. The van der Waals surface area contributed by atoms with Crippen molar-refractivity contribution in [3.63, 3.8) is 0 Å². The van der Waals surface area contributed by atoms with Crippen LogP contribution >= 0.6 is 0 Å². The van der Waals surface area contributed by atoms with E-state index in [9.17, 15) is 13.6 Å². The van der Waals surface area contributed by atoms with Crippen LogP contribution in [0.25, 0.3) is 10.8 Å². The van der Waals surface area contributed by atoms with Crippen LogP contribution in [0.2, 0.25) is 0 Å². The van der Waals surface area contributed by atoms with Crippen LogP contribution in [0.15, 0.2) is 60.7 Å². The summed E-state index contributed by atoms with van der Waals surface area (Å²) < 4.78 is 36.3. The fourth-order valence-electron chi connectivity index (χ4n) is 2.12. The zero-order valence-corrected chi connectivity index (χ0v) is 12.0. The Morgan fingerprint density at radius 1 is 0.913 bits per heavy atom. The summed E-state index contributed by atoms with van der Waals surface area (Å²) in [5.41, 5.74) is 0. The van der Waals surface area contributed by atoms with Gasteiger partial charge in [-0.15, -0.1) is 0 Å². The Labute approximate surface area is 131 Å². The van der Waals surface area contributed by atoms with E-state index in [1.54, 1.807) is 12.1 Å². The molecule has 3 aromatic carbocycles. The zero-order valence-electron chi connectivity index (χ0n) is 12.0. The maximum atomic E-state index is 13.4. The second kappa shape index (κ2) is 6.44. The molecule has 0 fully saturated rings. The van der Waals surface area contributed by atoms with Crippen molar-refractivity contribution in [2.24, 2.45) is 0 Å². The number of rotatable bonds is 4. The van der Waals surface area contributed by atoms with Gasteiger partial charge in [0, 0.05) is 6.07 Å². The molecule has 0 heterocycles. The first-order chi connectivity index (χ1) is 11.1. The molecule has 3 nitrogen and oxygen atoms in total. The fraction of sp³-hybridized carbons (Fsp3) is 0.0556. The molecule has 0 aliphatic rings. The largest absolute Gasteiger partial charge is 0.479 e. The fourth-order valence-corrected chi connectivity index (χ4v) is 2.12. The summed E-state index contributed by atoms with van der Waals surface area (Å²) in [4.78, 5) is 11.8. The standard InChI is InChI=1S/C18H12F2O3/c19-14-6-8-17(16(20)10-14)22-11-18(21)23-15-7-5-12-3-1-2-4-13(12)9-15/h1-10H,11H2.